The smallest absolute Gasteiger partial charge is 0.408 e. The molecule has 2 aliphatic heterocycles. The first-order chi connectivity index (χ1) is 15.9. The molecule has 8 heteroatoms. The van der Waals surface area contributed by atoms with Crippen molar-refractivity contribution in [2.24, 2.45) is 17.6 Å². The second-order valence-electron chi connectivity index (χ2n) is 9.42. The fraction of sp³-hybridized carbons (Fsp3) is 0.560. The average Bonchev–Trinajstić information content (AvgIpc) is 3.47. The molecule has 2 fully saturated rings. The van der Waals surface area contributed by atoms with Gasteiger partial charge in [0, 0.05) is 12.5 Å². The molecule has 4 atom stereocenters. The van der Waals surface area contributed by atoms with E-state index in [4.69, 9.17) is 10.5 Å². The van der Waals surface area contributed by atoms with E-state index in [0.29, 0.717) is 12.1 Å². The summed E-state index contributed by atoms with van der Waals surface area (Å²) in [6.07, 6.45) is 5.70. The minimum absolute atomic E-state index is 0.0242. The highest BCUT2D eigenvalue weighted by Gasteiger charge is 2.61. The number of hydrogen-bond donors (Lipinski definition) is 3. The van der Waals surface area contributed by atoms with Crippen LogP contribution in [0.25, 0.3) is 6.08 Å². The predicted molar refractivity (Wildman–Crippen MR) is 123 cm³/mol. The van der Waals surface area contributed by atoms with E-state index in [1.807, 2.05) is 18.2 Å². The molecule has 178 valence electrons. The monoisotopic (exact) mass is 455 g/mol. The Morgan fingerprint density at radius 2 is 2.03 bits per heavy atom. The van der Waals surface area contributed by atoms with Crippen LogP contribution in [-0.4, -0.2) is 53.6 Å². The highest BCUT2D eigenvalue weighted by atomic mass is 16.5. The summed E-state index contributed by atoms with van der Waals surface area (Å²) in [7, 11) is 1.32. The lowest BCUT2D eigenvalue weighted by atomic mass is 9.68. The van der Waals surface area contributed by atoms with Gasteiger partial charge in [0.1, 0.15) is 11.6 Å². The van der Waals surface area contributed by atoms with Crippen LogP contribution >= 0.6 is 0 Å². The number of amides is 1. The molecule has 8 nitrogen and oxygen atoms in total. The Kier molecular flexibility index (Phi) is 6.59. The van der Waals surface area contributed by atoms with E-state index >= 15 is 0 Å². The van der Waals surface area contributed by atoms with Crippen molar-refractivity contribution in [3.8, 4) is 0 Å². The van der Waals surface area contributed by atoms with E-state index < -0.39 is 35.6 Å². The molecular formula is C25H33N3O5. The number of hydrogen-bond acceptors (Lipinski definition) is 6. The number of nitrogens with two attached hydrogens (primary N) is 1. The number of fused-ring (bicyclic) bond motifs is 1. The van der Waals surface area contributed by atoms with Gasteiger partial charge >= 0.3 is 12.1 Å². The summed E-state index contributed by atoms with van der Waals surface area (Å²) in [5.74, 6) is -1.12. The number of ether oxygens (including phenoxy) is 1. The highest BCUT2D eigenvalue weighted by Crippen LogP contribution is 2.50. The number of ketones is 1. The molecule has 33 heavy (non-hydrogen) atoms. The molecule has 0 radical (unpaired) electrons. The maximum absolute atomic E-state index is 14.4. The van der Waals surface area contributed by atoms with Gasteiger partial charge in [0.2, 0.25) is 0 Å². The third-order valence-electron chi connectivity index (χ3n) is 7.86. The van der Waals surface area contributed by atoms with Crippen LogP contribution in [0.2, 0.25) is 0 Å². The first-order valence-corrected chi connectivity index (χ1v) is 11.7. The molecule has 1 aromatic carbocycles. The highest BCUT2D eigenvalue weighted by molar-refractivity contribution is 5.98. The summed E-state index contributed by atoms with van der Waals surface area (Å²) < 4.78 is 4.91. The van der Waals surface area contributed by atoms with Crippen LogP contribution in [-0.2, 0) is 26.4 Å². The van der Waals surface area contributed by atoms with Gasteiger partial charge in [-0.3, -0.25) is 14.5 Å². The largest absolute Gasteiger partial charge is 0.468 e. The third kappa shape index (κ3) is 3.75. The van der Waals surface area contributed by atoms with Gasteiger partial charge < -0.3 is 20.9 Å². The summed E-state index contributed by atoms with van der Waals surface area (Å²) in [6, 6.07) is 4.16. The van der Waals surface area contributed by atoms with Gasteiger partial charge in [0.25, 0.3) is 0 Å². The zero-order valence-corrected chi connectivity index (χ0v) is 19.1. The maximum Gasteiger partial charge on any atom is 0.408 e. The number of rotatable bonds is 6. The van der Waals surface area contributed by atoms with E-state index in [0.717, 1.165) is 43.2 Å². The molecule has 4 N–H and O–H groups in total. The van der Waals surface area contributed by atoms with Crippen molar-refractivity contribution < 1.29 is 24.2 Å². The molecule has 3 unspecified atom stereocenters. The molecule has 0 bridgehead atoms. The van der Waals surface area contributed by atoms with Crippen molar-refractivity contribution in [2.75, 3.05) is 13.7 Å². The van der Waals surface area contributed by atoms with Crippen molar-refractivity contribution in [1.29, 1.82) is 0 Å². The van der Waals surface area contributed by atoms with Crippen LogP contribution in [0, 0.1) is 11.8 Å². The zero-order chi connectivity index (χ0) is 23.8. The number of methoxy groups -OCH3 is 1. The molecule has 1 amide bonds. The summed E-state index contributed by atoms with van der Waals surface area (Å²) in [5, 5.41) is 13.4. The Morgan fingerprint density at radius 3 is 2.67 bits per heavy atom. The molecule has 0 aromatic heterocycles. The summed E-state index contributed by atoms with van der Waals surface area (Å²) in [5.41, 5.74) is 7.41. The van der Waals surface area contributed by atoms with Gasteiger partial charge in [0.15, 0.2) is 5.78 Å². The fourth-order valence-corrected chi connectivity index (χ4v) is 6.22. The lowest BCUT2D eigenvalue weighted by Gasteiger charge is -2.43. The van der Waals surface area contributed by atoms with Crippen LogP contribution in [0.15, 0.2) is 24.8 Å². The van der Waals surface area contributed by atoms with Crippen molar-refractivity contribution >= 4 is 23.9 Å². The topological polar surface area (TPSA) is 122 Å². The number of carbonyl (C=O) groups is 3. The Balaban J connectivity index is 1.86. The second-order valence-corrected chi connectivity index (χ2v) is 9.42. The van der Waals surface area contributed by atoms with Crippen LogP contribution in [0.4, 0.5) is 4.79 Å². The minimum Gasteiger partial charge on any atom is -0.468 e. The maximum atomic E-state index is 14.4. The van der Waals surface area contributed by atoms with Crippen LogP contribution in [0.5, 0.6) is 0 Å². The molecule has 1 aromatic rings. The Morgan fingerprint density at radius 1 is 1.30 bits per heavy atom. The second kappa shape index (κ2) is 9.27. The normalized spacial score (nSPS) is 28.2. The van der Waals surface area contributed by atoms with Gasteiger partial charge in [-0.15, -0.1) is 0 Å². The van der Waals surface area contributed by atoms with Crippen molar-refractivity contribution in [2.45, 2.75) is 62.7 Å². The van der Waals surface area contributed by atoms with E-state index in [9.17, 15) is 19.5 Å². The molecule has 1 aliphatic carbocycles. The van der Waals surface area contributed by atoms with E-state index in [1.54, 1.807) is 6.08 Å². The van der Waals surface area contributed by atoms with Crippen LogP contribution < -0.4 is 11.1 Å². The fourth-order valence-electron chi connectivity index (χ4n) is 6.22. The number of nitrogens with zero attached hydrogens (tertiary/aromatic N) is 1. The van der Waals surface area contributed by atoms with Crippen LogP contribution in [0.3, 0.4) is 0 Å². The minimum atomic E-state index is -1.47. The molecule has 2 heterocycles. The summed E-state index contributed by atoms with van der Waals surface area (Å²) in [4.78, 5) is 40.5. The van der Waals surface area contributed by atoms with Gasteiger partial charge in [-0.1, -0.05) is 50.1 Å². The van der Waals surface area contributed by atoms with Gasteiger partial charge in [-0.2, -0.15) is 0 Å². The first kappa shape index (κ1) is 23.4. The summed E-state index contributed by atoms with van der Waals surface area (Å²) >= 11 is 0. The van der Waals surface area contributed by atoms with Crippen molar-refractivity contribution in [3.05, 3.63) is 41.5 Å². The number of benzene rings is 1. The molecule has 3 aliphatic rings. The lowest BCUT2D eigenvalue weighted by molar-refractivity contribution is -0.143. The number of carboxylic acid groups (broad SMARTS) is 1. The Bertz CT molecular complexity index is 957. The molecule has 0 spiro atoms. The van der Waals surface area contributed by atoms with E-state index in [1.165, 1.54) is 12.0 Å². The lowest BCUT2D eigenvalue weighted by Crippen LogP contribution is -2.61. The standard InChI is InChI=1S/C25H33N3O5/c1-3-15-10-7-11-19-18(15)14-28(24(31)32)25(19,17-12-20(27-13-17)23(30)33-2)22(29)21(26)16-8-5-4-6-9-16/h3,7,10-11,16-17,20-21,27H,1,4-6,8-9,12-14,26H2,2H3,(H,31,32)/t17?,20?,21-,25?/m0/s1. The number of esters is 1. The molecule has 1 saturated carbocycles. The number of carbonyl (C=O) groups excluding carboxylic acids is 2. The SMILES string of the molecule is C=Cc1cccc2c1CN(C(=O)O)C2(C(=O)[C@@H](N)C1CCCCC1)C1CNC(C(=O)OC)C1. The number of nitrogens with one attached hydrogen (secondary N) is 1. The van der Waals surface area contributed by atoms with Gasteiger partial charge in [-0.05, 0) is 41.9 Å². The molecule has 1 saturated heterocycles. The Hall–Kier alpha value is -2.71. The Labute approximate surface area is 194 Å². The predicted octanol–water partition coefficient (Wildman–Crippen LogP) is 2.65. The zero-order valence-electron chi connectivity index (χ0n) is 19.1. The number of Topliss-reactive ketones (excluding diaryl/α,β-unsaturated/α-hetero) is 1. The van der Waals surface area contributed by atoms with Crippen molar-refractivity contribution in [1.82, 2.24) is 10.2 Å². The van der Waals surface area contributed by atoms with E-state index in [2.05, 4.69) is 11.9 Å². The first-order valence-electron chi connectivity index (χ1n) is 11.7. The van der Waals surface area contributed by atoms with E-state index in [-0.39, 0.29) is 24.7 Å². The average molecular weight is 456 g/mol. The molecular weight excluding hydrogens is 422 g/mol. The quantitative estimate of drug-likeness (QED) is 0.564. The van der Waals surface area contributed by atoms with Gasteiger partial charge in [0.05, 0.1) is 19.7 Å². The van der Waals surface area contributed by atoms with Crippen molar-refractivity contribution in [3.63, 3.8) is 0 Å². The third-order valence-corrected chi connectivity index (χ3v) is 7.86. The summed E-state index contributed by atoms with van der Waals surface area (Å²) in [6.45, 7) is 4.26. The van der Waals surface area contributed by atoms with Gasteiger partial charge in [-0.25, -0.2) is 4.79 Å². The van der Waals surface area contributed by atoms with Crippen LogP contribution in [0.1, 0.15) is 55.2 Å². The molecule has 4 rings (SSSR count).